The molecule has 0 bridgehead atoms. The van der Waals surface area contributed by atoms with Crippen LogP contribution in [0.2, 0.25) is 0 Å². The molecule has 1 fully saturated rings. The van der Waals surface area contributed by atoms with Gasteiger partial charge in [-0.1, -0.05) is 46.6 Å². The van der Waals surface area contributed by atoms with Crippen LogP contribution >= 0.6 is 27.7 Å². The minimum atomic E-state index is 0.464. The third kappa shape index (κ3) is 2.30. The van der Waals surface area contributed by atoms with E-state index < -0.39 is 0 Å². The molecule has 0 amide bonds. The lowest BCUT2D eigenvalue weighted by Gasteiger charge is -2.25. The fourth-order valence-corrected chi connectivity index (χ4v) is 4.82. The predicted molar refractivity (Wildman–Crippen MR) is 78.4 cm³/mol. The number of nitrogens with zero attached hydrogens (tertiary/aromatic N) is 3. The van der Waals surface area contributed by atoms with Crippen LogP contribution in [0.3, 0.4) is 0 Å². The van der Waals surface area contributed by atoms with Crippen molar-refractivity contribution in [2.24, 2.45) is 5.41 Å². The third-order valence-electron chi connectivity index (χ3n) is 3.74. The first-order chi connectivity index (χ1) is 8.83. The van der Waals surface area contributed by atoms with Crippen molar-refractivity contribution in [1.29, 1.82) is 0 Å². The second kappa shape index (κ2) is 5.21. The molecule has 96 valence electrons. The van der Waals surface area contributed by atoms with Crippen molar-refractivity contribution in [3.8, 4) is 0 Å². The van der Waals surface area contributed by atoms with Gasteiger partial charge in [0.15, 0.2) is 10.8 Å². The zero-order chi connectivity index (χ0) is 12.4. The Hall–Kier alpha value is -0.550. The molecule has 0 radical (unpaired) electrons. The molecule has 0 N–H and O–H groups in total. The molecule has 0 spiro atoms. The largest absolute Gasteiger partial charge is 0.277 e. The highest BCUT2D eigenvalue weighted by atomic mass is 79.9. The maximum Gasteiger partial charge on any atom is 0.195 e. The van der Waals surface area contributed by atoms with Crippen molar-refractivity contribution >= 4 is 33.3 Å². The molecule has 0 saturated heterocycles. The molecular weight excluding hydrogens is 310 g/mol. The zero-order valence-electron chi connectivity index (χ0n) is 10.2. The number of halogens is 1. The summed E-state index contributed by atoms with van der Waals surface area (Å²) in [5.74, 6) is 1.13. The van der Waals surface area contributed by atoms with E-state index in [-0.39, 0.29) is 0 Å². The van der Waals surface area contributed by atoms with Crippen LogP contribution in [0.25, 0.3) is 5.65 Å². The van der Waals surface area contributed by atoms with Gasteiger partial charge in [0.2, 0.25) is 0 Å². The summed E-state index contributed by atoms with van der Waals surface area (Å²) >= 11 is 5.53. The quantitative estimate of drug-likeness (QED) is 0.633. The lowest BCUT2D eigenvalue weighted by molar-refractivity contribution is 0.405. The van der Waals surface area contributed by atoms with Gasteiger partial charge in [0.1, 0.15) is 0 Å². The van der Waals surface area contributed by atoms with E-state index in [0.29, 0.717) is 5.41 Å². The Bertz CT molecular complexity index is 534. The van der Waals surface area contributed by atoms with Crippen LogP contribution in [0.4, 0.5) is 0 Å². The monoisotopic (exact) mass is 325 g/mol. The molecule has 2 heterocycles. The molecule has 2 aromatic rings. The van der Waals surface area contributed by atoms with E-state index in [1.165, 1.54) is 25.7 Å². The molecule has 1 aliphatic rings. The summed E-state index contributed by atoms with van der Waals surface area (Å²) in [6.45, 7) is 0. The maximum atomic E-state index is 4.28. The second-order valence-electron chi connectivity index (χ2n) is 5.04. The molecule has 0 aliphatic heterocycles. The van der Waals surface area contributed by atoms with Gasteiger partial charge >= 0.3 is 0 Å². The van der Waals surface area contributed by atoms with Gasteiger partial charge in [-0.25, -0.2) is 0 Å². The molecule has 1 saturated carbocycles. The summed E-state index contributed by atoms with van der Waals surface area (Å²) in [4.78, 5) is 0. The van der Waals surface area contributed by atoms with Gasteiger partial charge in [-0.2, -0.15) is 0 Å². The van der Waals surface area contributed by atoms with Crippen LogP contribution in [0.15, 0.2) is 29.6 Å². The highest BCUT2D eigenvalue weighted by molar-refractivity contribution is 9.09. The fourth-order valence-electron chi connectivity index (χ4n) is 2.58. The van der Waals surface area contributed by atoms with Crippen molar-refractivity contribution in [1.82, 2.24) is 14.6 Å². The van der Waals surface area contributed by atoms with E-state index in [1.807, 2.05) is 36.2 Å². The fraction of sp³-hybridized carbons (Fsp3) is 0.538. The van der Waals surface area contributed by atoms with Crippen molar-refractivity contribution in [2.45, 2.75) is 30.8 Å². The van der Waals surface area contributed by atoms with Crippen molar-refractivity contribution < 1.29 is 0 Å². The summed E-state index contributed by atoms with van der Waals surface area (Å²) in [5.41, 5.74) is 1.39. The van der Waals surface area contributed by atoms with E-state index >= 15 is 0 Å². The smallest absolute Gasteiger partial charge is 0.195 e. The van der Waals surface area contributed by atoms with Gasteiger partial charge < -0.3 is 0 Å². The number of alkyl halides is 1. The summed E-state index contributed by atoms with van der Waals surface area (Å²) in [7, 11) is 0. The van der Waals surface area contributed by atoms with Crippen LogP contribution in [-0.2, 0) is 0 Å². The van der Waals surface area contributed by atoms with Crippen molar-refractivity contribution in [3.63, 3.8) is 0 Å². The van der Waals surface area contributed by atoms with Crippen molar-refractivity contribution in [2.75, 3.05) is 11.1 Å². The molecule has 1 aliphatic carbocycles. The second-order valence-corrected chi connectivity index (χ2v) is 6.54. The summed E-state index contributed by atoms with van der Waals surface area (Å²) in [5, 5.41) is 10.6. The summed E-state index contributed by atoms with van der Waals surface area (Å²) in [6.07, 6.45) is 7.44. The minimum absolute atomic E-state index is 0.464. The number of hydrogen-bond acceptors (Lipinski definition) is 3. The van der Waals surface area contributed by atoms with Gasteiger partial charge in [0.25, 0.3) is 0 Å². The molecule has 0 aromatic carbocycles. The molecular formula is C13H16BrN3S. The number of thioether (sulfide) groups is 1. The van der Waals surface area contributed by atoms with Gasteiger partial charge in [-0.15, -0.1) is 10.2 Å². The van der Waals surface area contributed by atoms with Crippen LogP contribution in [0.5, 0.6) is 0 Å². The predicted octanol–water partition coefficient (Wildman–Crippen LogP) is 3.78. The van der Waals surface area contributed by atoms with E-state index in [0.717, 1.165) is 21.9 Å². The zero-order valence-corrected chi connectivity index (χ0v) is 12.6. The van der Waals surface area contributed by atoms with Gasteiger partial charge in [0.05, 0.1) is 0 Å². The number of rotatable bonds is 4. The lowest BCUT2D eigenvalue weighted by atomic mass is 9.92. The maximum absolute atomic E-state index is 4.28. The molecule has 18 heavy (non-hydrogen) atoms. The Labute approximate surface area is 119 Å². The highest BCUT2D eigenvalue weighted by Gasteiger charge is 2.33. The molecule has 0 unspecified atom stereocenters. The molecule has 5 heteroatoms. The normalized spacial score (nSPS) is 18.5. The van der Waals surface area contributed by atoms with Crippen molar-refractivity contribution in [3.05, 3.63) is 24.4 Å². The number of aromatic nitrogens is 3. The van der Waals surface area contributed by atoms with Gasteiger partial charge in [-0.05, 0) is 30.4 Å². The van der Waals surface area contributed by atoms with Gasteiger partial charge in [-0.3, -0.25) is 4.40 Å². The van der Waals surface area contributed by atoms with E-state index in [4.69, 9.17) is 0 Å². The number of fused-ring (bicyclic) bond motifs is 1. The summed E-state index contributed by atoms with van der Waals surface area (Å²) in [6, 6.07) is 6.01. The minimum Gasteiger partial charge on any atom is -0.277 e. The van der Waals surface area contributed by atoms with E-state index in [1.54, 1.807) is 0 Å². The molecule has 3 nitrogen and oxygen atoms in total. The first-order valence-electron chi connectivity index (χ1n) is 6.32. The van der Waals surface area contributed by atoms with E-state index in [2.05, 4.69) is 30.5 Å². The average Bonchev–Trinajstić information content (AvgIpc) is 3.04. The Morgan fingerprint density at radius 2 is 2.11 bits per heavy atom. The number of hydrogen-bond donors (Lipinski definition) is 0. The molecule has 3 rings (SSSR count). The van der Waals surface area contributed by atoms with Crippen LogP contribution < -0.4 is 0 Å². The van der Waals surface area contributed by atoms with Gasteiger partial charge in [0, 0.05) is 17.3 Å². The summed E-state index contributed by atoms with van der Waals surface area (Å²) < 4.78 is 2.07. The Morgan fingerprint density at radius 1 is 1.28 bits per heavy atom. The third-order valence-corrected chi connectivity index (χ3v) is 6.22. The van der Waals surface area contributed by atoms with Crippen LogP contribution in [0.1, 0.15) is 25.7 Å². The highest BCUT2D eigenvalue weighted by Crippen LogP contribution is 2.43. The van der Waals surface area contributed by atoms with Crippen LogP contribution in [-0.4, -0.2) is 25.7 Å². The Balaban J connectivity index is 1.76. The Morgan fingerprint density at radius 3 is 2.89 bits per heavy atom. The molecule has 2 aromatic heterocycles. The number of pyridine rings is 1. The topological polar surface area (TPSA) is 30.2 Å². The lowest BCUT2D eigenvalue weighted by Crippen LogP contribution is -2.21. The average molecular weight is 326 g/mol. The molecule has 0 atom stereocenters. The first-order valence-corrected chi connectivity index (χ1v) is 8.42. The van der Waals surface area contributed by atoms with E-state index in [9.17, 15) is 0 Å². The SMILES string of the molecule is BrCC1(CSc2nnc3ccccn23)CCCC1. The standard InChI is InChI=1S/C13H16BrN3S/c14-9-13(6-2-3-7-13)10-18-12-16-15-11-5-1-4-8-17(11)12/h1,4-5,8H,2-3,6-7,9-10H2. The Kier molecular flexibility index (Phi) is 3.61. The van der Waals surface area contributed by atoms with Crippen LogP contribution in [0, 0.1) is 5.41 Å². The first kappa shape index (κ1) is 12.5.